The number of alkyl halides is 3. The number of ketones is 1. The molecule has 40 heavy (non-hydrogen) atoms. The minimum absolute atomic E-state index is 0.103. The Kier molecular flexibility index (Phi) is 8.56. The van der Waals surface area contributed by atoms with Gasteiger partial charge in [0, 0.05) is 30.9 Å². The Bertz CT molecular complexity index is 1420. The first kappa shape index (κ1) is 28.4. The number of carbonyl (C=O) groups is 3. The van der Waals surface area contributed by atoms with Crippen LogP contribution in [0.25, 0.3) is 11.1 Å². The molecule has 0 spiro atoms. The van der Waals surface area contributed by atoms with Crippen molar-refractivity contribution in [3.05, 3.63) is 65.9 Å². The van der Waals surface area contributed by atoms with Crippen molar-refractivity contribution in [2.75, 3.05) is 35.2 Å². The summed E-state index contributed by atoms with van der Waals surface area (Å²) < 4.78 is 45.9. The van der Waals surface area contributed by atoms with Gasteiger partial charge in [-0.25, -0.2) is 9.78 Å². The lowest BCUT2D eigenvalue weighted by Crippen LogP contribution is -2.20. The number of amides is 2. The van der Waals surface area contributed by atoms with Crippen LogP contribution in [0.1, 0.15) is 42.1 Å². The van der Waals surface area contributed by atoms with Gasteiger partial charge in [0.15, 0.2) is 5.78 Å². The van der Waals surface area contributed by atoms with Crippen molar-refractivity contribution in [2.45, 2.75) is 32.4 Å². The van der Waals surface area contributed by atoms with Crippen LogP contribution in [0.3, 0.4) is 0 Å². The Hall–Kier alpha value is -4.61. The van der Waals surface area contributed by atoms with Gasteiger partial charge >= 0.3 is 12.3 Å². The summed E-state index contributed by atoms with van der Waals surface area (Å²) in [6, 6.07) is 11.8. The van der Waals surface area contributed by atoms with Crippen LogP contribution in [0.5, 0.6) is 5.75 Å². The van der Waals surface area contributed by atoms with Gasteiger partial charge in [-0.05, 0) is 55.2 Å². The second-order valence-corrected chi connectivity index (χ2v) is 9.08. The van der Waals surface area contributed by atoms with Crippen LogP contribution in [0.2, 0.25) is 0 Å². The van der Waals surface area contributed by atoms with Crippen LogP contribution < -0.4 is 20.3 Å². The molecule has 0 aliphatic carbocycles. The molecule has 12 heteroatoms. The Balaban J connectivity index is 1.53. The van der Waals surface area contributed by atoms with E-state index in [9.17, 15) is 27.6 Å². The second-order valence-electron chi connectivity index (χ2n) is 9.08. The average Bonchev–Trinajstić information content (AvgIpc) is 3.45. The monoisotopic (exact) mass is 556 g/mol. The molecule has 1 saturated heterocycles. The van der Waals surface area contributed by atoms with Gasteiger partial charge in [0.1, 0.15) is 11.6 Å². The summed E-state index contributed by atoms with van der Waals surface area (Å²) in [7, 11) is 0. The molecule has 3 N–H and O–H groups in total. The number of carboxylic acid groups (broad SMARTS) is 1. The van der Waals surface area contributed by atoms with Gasteiger partial charge < -0.3 is 20.1 Å². The lowest BCUT2D eigenvalue weighted by molar-refractivity contribution is -0.138. The number of nitrogens with one attached hydrogen (secondary N) is 2. The number of aromatic nitrogens is 1. The molecule has 0 bridgehead atoms. The molecule has 0 saturated carbocycles. The van der Waals surface area contributed by atoms with Crippen LogP contribution in [0.4, 0.5) is 35.2 Å². The zero-order valence-corrected chi connectivity index (χ0v) is 21.5. The molecule has 2 heterocycles. The summed E-state index contributed by atoms with van der Waals surface area (Å²) in [4.78, 5) is 43.5. The molecule has 0 radical (unpaired) electrons. The van der Waals surface area contributed by atoms with E-state index in [0.717, 1.165) is 48.9 Å². The van der Waals surface area contributed by atoms with Crippen molar-refractivity contribution in [3.8, 4) is 16.9 Å². The molecule has 1 aliphatic rings. The number of rotatable bonds is 9. The summed E-state index contributed by atoms with van der Waals surface area (Å²) in [6.45, 7) is 3.22. The zero-order valence-electron chi connectivity index (χ0n) is 21.5. The van der Waals surface area contributed by atoms with Crippen LogP contribution in [-0.4, -0.2) is 47.6 Å². The summed E-state index contributed by atoms with van der Waals surface area (Å²) >= 11 is 0. The molecule has 9 nitrogen and oxygen atoms in total. The summed E-state index contributed by atoms with van der Waals surface area (Å²) in [5.74, 6) is -1.25. The largest absolute Gasteiger partial charge is 0.493 e. The number of halogens is 3. The van der Waals surface area contributed by atoms with Crippen LogP contribution >= 0.6 is 0 Å². The van der Waals surface area contributed by atoms with Crippen LogP contribution in [0.15, 0.2) is 54.7 Å². The summed E-state index contributed by atoms with van der Waals surface area (Å²) in [5.41, 5.74) is -0.184. The SMILES string of the molecule is CCOc1cc(NC(=O)O)c(NC(=O)CC(=O)c2cccc(-c3ccnc(N4CCCC4)c3)c2)cc1C(F)(F)F. The number of pyridine rings is 1. The van der Waals surface area contributed by atoms with E-state index in [0.29, 0.717) is 6.07 Å². The molecular formula is C28H27F3N4O5. The number of anilines is 3. The summed E-state index contributed by atoms with van der Waals surface area (Å²) in [5, 5.41) is 13.3. The third-order valence-corrected chi connectivity index (χ3v) is 6.26. The Morgan fingerprint density at radius 3 is 2.38 bits per heavy atom. The molecule has 1 fully saturated rings. The predicted octanol–water partition coefficient (Wildman–Crippen LogP) is 6.07. The van der Waals surface area contributed by atoms with Crippen molar-refractivity contribution in [1.29, 1.82) is 0 Å². The topological polar surface area (TPSA) is 121 Å². The van der Waals surface area contributed by atoms with Gasteiger partial charge in [-0.3, -0.25) is 14.9 Å². The van der Waals surface area contributed by atoms with Gasteiger partial charge in [0.05, 0.1) is 30.0 Å². The first-order valence-electron chi connectivity index (χ1n) is 12.6. The quantitative estimate of drug-likeness (QED) is 0.216. The minimum Gasteiger partial charge on any atom is -0.493 e. The average molecular weight is 557 g/mol. The number of Topliss-reactive ketones (excluding diaryl/α,β-unsaturated/α-hetero) is 1. The fourth-order valence-corrected chi connectivity index (χ4v) is 4.43. The third-order valence-electron chi connectivity index (χ3n) is 6.26. The first-order chi connectivity index (χ1) is 19.0. The molecule has 2 aromatic carbocycles. The van der Waals surface area contributed by atoms with E-state index in [1.165, 1.54) is 13.0 Å². The van der Waals surface area contributed by atoms with Crippen molar-refractivity contribution < 1.29 is 37.4 Å². The normalized spacial score (nSPS) is 13.2. The molecule has 1 aliphatic heterocycles. The predicted molar refractivity (Wildman–Crippen MR) is 143 cm³/mol. The number of hydrogen-bond donors (Lipinski definition) is 3. The van der Waals surface area contributed by atoms with E-state index < -0.39 is 47.4 Å². The molecule has 0 unspecified atom stereocenters. The van der Waals surface area contributed by atoms with Crippen molar-refractivity contribution in [3.63, 3.8) is 0 Å². The van der Waals surface area contributed by atoms with E-state index >= 15 is 0 Å². The minimum atomic E-state index is -4.84. The van der Waals surface area contributed by atoms with Gasteiger partial charge in [0.2, 0.25) is 5.91 Å². The third kappa shape index (κ3) is 6.87. The van der Waals surface area contributed by atoms with Crippen LogP contribution in [-0.2, 0) is 11.0 Å². The Morgan fingerprint density at radius 1 is 1.00 bits per heavy atom. The maximum atomic E-state index is 13.6. The highest BCUT2D eigenvalue weighted by Gasteiger charge is 2.36. The van der Waals surface area contributed by atoms with E-state index in [4.69, 9.17) is 9.84 Å². The molecule has 1 aromatic heterocycles. The van der Waals surface area contributed by atoms with Gasteiger partial charge in [0.25, 0.3) is 0 Å². The highest BCUT2D eigenvalue weighted by Crippen LogP contribution is 2.41. The van der Waals surface area contributed by atoms with Crippen molar-refractivity contribution >= 4 is 35.0 Å². The Labute approximate surface area is 228 Å². The number of hydrogen-bond acceptors (Lipinski definition) is 6. The van der Waals surface area contributed by atoms with Gasteiger partial charge in [-0.15, -0.1) is 0 Å². The molecule has 4 rings (SSSR count). The fourth-order valence-electron chi connectivity index (χ4n) is 4.43. The number of benzene rings is 2. The van der Waals surface area contributed by atoms with E-state index in [2.05, 4.69) is 15.2 Å². The van der Waals surface area contributed by atoms with Crippen molar-refractivity contribution in [2.24, 2.45) is 0 Å². The standard InChI is InChI=1S/C28H27F3N4O5/c1-2-40-24-15-22(34-27(38)39)21(14-20(24)28(29,30)31)33-26(37)16-23(36)19-7-5-6-17(12-19)18-8-9-32-25(13-18)35-10-3-4-11-35/h5-9,12-15,34H,2-4,10-11,16H2,1H3,(H,33,37)(H,38,39). The Morgan fingerprint density at radius 2 is 1.70 bits per heavy atom. The zero-order chi connectivity index (χ0) is 28.9. The lowest BCUT2D eigenvalue weighted by atomic mass is 10.0. The maximum absolute atomic E-state index is 13.6. The first-order valence-corrected chi connectivity index (χ1v) is 12.6. The number of carbonyl (C=O) groups excluding carboxylic acids is 2. The smallest absolute Gasteiger partial charge is 0.420 e. The molecule has 3 aromatic rings. The summed E-state index contributed by atoms with van der Waals surface area (Å²) in [6.07, 6.45) is -3.20. The number of ether oxygens (including phenoxy) is 1. The van der Waals surface area contributed by atoms with E-state index in [1.807, 2.05) is 23.5 Å². The maximum Gasteiger partial charge on any atom is 0.420 e. The lowest BCUT2D eigenvalue weighted by Gasteiger charge is -2.18. The van der Waals surface area contributed by atoms with Crippen LogP contribution in [0, 0.1) is 0 Å². The molecule has 2 amide bonds. The number of nitrogens with zero attached hydrogens (tertiary/aromatic N) is 2. The van der Waals surface area contributed by atoms with E-state index in [-0.39, 0.29) is 17.9 Å². The second kappa shape index (κ2) is 12.1. The van der Waals surface area contributed by atoms with Gasteiger partial charge in [-0.1, -0.05) is 18.2 Å². The van der Waals surface area contributed by atoms with Crippen molar-refractivity contribution in [1.82, 2.24) is 4.98 Å². The van der Waals surface area contributed by atoms with E-state index in [1.54, 1.807) is 18.3 Å². The van der Waals surface area contributed by atoms with Gasteiger partial charge in [-0.2, -0.15) is 13.2 Å². The highest BCUT2D eigenvalue weighted by molar-refractivity contribution is 6.12. The molecular weight excluding hydrogens is 529 g/mol. The molecule has 0 atom stereocenters. The molecule has 210 valence electrons. The fraction of sp³-hybridized carbons (Fsp3) is 0.286. The highest BCUT2D eigenvalue weighted by atomic mass is 19.4.